The van der Waals surface area contributed by atoms with Gasteiger partial charge in [0.15, 0.2) is 5.82 Å². The molecule has 0 fully saturated rings. The summed E-state index contributed by atoms with van der Waals surface area (Å²) in [6.45, 7) is 2.55. The van der Waals surface area contributed by atoms with E-state index in [1.165, 1.54) is 0 Å². The molecule has 3 rings (SSSR count). The van der Waals surface area contributed by atoms with Gasteiger partial charge in [-0.2, -0.15) is 0 Å². The molecule has 0 N–H and O–H groups in total. The molecule has 1 aromatic carbocycles. The van der Waals surface area contributed by atoms with Crippen molar-refractivity contribution in [1.29, 1.82) is 0 Å². The summed E-state index contributed by atoms with van der Waals surface area (Å²) in [6.07, 6.45) is -0.287. The van der Waals surface area contributed by atoms with Crippen molar-refractivity contribution in [2.24, 2.45) is 0 Å². The Morgan fingerprint density at radius 3 is 2.75 bits per heavy atom. The van der Waals surface area contributed by atoms with Gasteiger partial charge in [-0.25, -0.2) is 9.97 Å². The van der Waals surface area contributed by atoms with Gasteiger partial charge in [-0.05, 0) is 23.9 Å². The first-order valence-corrected chi connectivity index (χ1v) is 7.62. The molecule has 1 atom stereocenters. The van der Waals surface area contributed by atoms with E-state index < -0.39 is 0 Å². The van der Waals surface area contributed by atoms with E-state index in [9.17, 15) is 0 Å². The number of ether oxygens (including phenoxy) is 1. The van der Waals surface area contributed by atoms with Crippen molar-refractivity contribution in [3.8, 4) is 0 Å². The molecule has 2 aromatic heterocycles. The van der Waals surface area contributed by atoms with Crippen LogP contribution in [-0.4, -0.2) is 16.6 Å². The van der Waals surface area contributed by atoms with E-state index >= 15 is 0 Å². The summed E-state index contributed by atoms with van der Waals surface area (Å²) in [4.78, 5) is 9.88. The lowest BCUT2D eigenvalue weighted by molar-refractivity contribution is 0.0854. The normalized spacial score (nSPS) is 12.7. The minimum Gasteiger partial charge on any atom is -0.366 e. The highest BCUT2D eigenvalue weighted by Crippen LogP contribution is 2.30. The van der Waals surface area contributed by atoms with E-state index in [1.54, 1.807) is 11.3 Å². The molecule has 1 unspecified atom stereocenters. The highest BCUT2D eigenvalue weighted by atomic mass is 35.5. The van der Waals surface area contributed by atoms with Crippen molar-refractivity contribution in [2.75, 3.05) is 6.61 Å². The average molecular weight is 305 g/mol. The van der Waals surface area contributed by atoms with Crippen LogP contribution in [0.3, 0.4) is 0 Å². The highest BCUT2D eigenvalue weighted by Gasteiger charge is 2.19. The molecule has 2 heterocycles. The van der Waals surface area contributed by atoms with Crippen molar-refractivity contribution in [2.45, 2.75) is 13.0 Å². The van der Waals surface area contributed by atoms with Crippen LogP contribution in [0.5, 0.6) is 0 Å². The summed E-state index contributed by atoms with van der Waals surface area (Å²) < 4.78 is 5.82. The fraction of sp³-hybridized carbons (Fsp3) is 0.200. The third-order valence-corrected chi connectivity index (χ3v) is 4.06. The monoisotopic (exact) mass is 304 g/mol. The Morgan fingerprint density at radius 1 is 1.20 bits per heavy atom. The molecule has 3 aromatic rings. The van der Waals surface area contributed by atoms with Crippen LogP contribution >= 0.6 is 22.9 Å². The number of aromatic nitrogens is 2. The number of halogens is 1. The first kappa shape index (κ1) is 13.5. The van der Waals surface area contributed by atoms with Crippen molar-refractivity contribution < 1.29 is 4.74 Å². The zero-order valence-electron chi connectivity index (χ0n) is 10.9. The molecule has 0 radical (unpaired) electrons. The maximum Gasteiger partial charge on any atom is 0.165 e. The minimum absolute atomic E-state index is 0.287. The zero-order valence-corrected chi connectivity index (χ0v) is 12.5. The number of nitrogens with zero attached hydrogens (tertiary/aromatic N) is 2. The summed E-state index contributed by atoms with van der Waals surface area (Å²) in [5.41, 5.74) is 1.03. The van der Waals surface area contributed by atoms with Crippen molar-refractivity contribution in [3.63, 3.8) is 0 Å². The molecule has 0 bridgehead atoms. The number of benzene rings is 1. The predicted octanol–water partition coefficient (Wildman–Crippen LogP) is 4.47. The molecular formula is C15H13ClN2OS. The van der Waals surface area contributed by atoms with Gasteiger partial charge >= 0.3 is 0 Å². The van der Waals surface area contributed by atoms with Gasteiger partial charge in [-0.1, -0.05) is 41.9 Å². The molecule has 102 valence electrons. The van der Waals surface area contributed by atoms with E-state index in [0.29, 0.717) is 17.6 Å². The van der Waals surface area contributed by atoms with Crippen molar-refractivity contribution >= 4 is 33.2 Å². The molecule has 20 heavy (non-hydrogen) atoms. The van der Waals surface area contributed by atoms with Gasteiger partial charge < -0.3 is 4.74 Å². The standard InChI is InChI=1S/C15H13ClN2OS/c1-2-19-12(10-6-4-3-5-7-10)14-17-13(16)11-8-9-20-15(11)18-14/h3-9,12H,2H2,1H3. The maximum absolute atomic E-state index is 6.24. The predicted molar refractivity (Wildman–Crippen MR) is 82.3 cm³/mol. The van der Waals surface area contributed by atoms with Gasteiger partial charge in [0.25, 0.3) is 0 Å². The molecule has 0 aliphatic rings. The molecule has 3 nitrogen and oxygen atoms in total. The Hall–Kier alpha value is -1.49. The lowest BCUT2D eigenvalue weighted by Gasteiger charge is -2.16. The molecular weight excluding hydrogens is 292 g/mol. The van der Waals surface area contributed by atoms with Crippen LogP contribution in [0.25, 0.3) is 10.2 Å². The summed E-state index contributed by atoms with van der Waals surface area (Å²) >= 11 is 7.79. The van der Waals surface area contributed by atoms with Crippen LogP contribution in [0.2, 0.25) is 5.15 Å². The van der Waals surface area contributed by atoms with E-state index in [-0.39, 0.29) is 6.10 Å². The molecule has 0 spiro atoms. The molecule has 0 amide bonds. The van der Waals surface area contributed by atoms with Gasteiger partial charge in [0.1, 0.15) is 16.1 Å². The van der Waals surface area contributed by atoms with Gasteiger partial charge in [0.05, 0.1) is 0 Å². The third kappa shape index (κ3) is 2.54. The topological polar surface area (TPSA) is 35.0 Å². The fourth-order valence-electron chi connectivity index (χ4n) is 2.07. The van der Waals surface area contributed by atoms with Crippen LogP contribution in [0.4, 0.5) is 0 Å². The number of rotatable bonds is 4. The zero-order chi connectivity index (χ0) is 13.9. The fourth-order valence-corrected chi connectivity index (χ4v) is 3.13. The second kappa shape index (κ2) is 5.87. The Kier molecular flexibility index (Phi) is 3.96. The maximum atomic E-state index is 6.24. The second-order valence-corrected chi connectivity index (χ2v) is 5.51. The smallest absolute Gasteiger partial charge is 0.165 e. The lowest BCUT2D eigenvalue weighted by Crippen LogP contribution is -2.10. The molecule has 0 saturated heterocycles. The number of thiophene rings is 1. The van der Waals surface area contributed by atoms with Crippen LogP contribution in [0, 0.1) is 0 Å². The first-order chi connectivity index (χ1) is 9.79. The van der Waals surface area contributed by atoms with Gasteiger partial charge in [-0.15, -0.1) is 11.3 Å². The Morgan fingerprint density at radius 2 is 2.00 bits per heavy atom. The molecule has 5 heteroatoms. The minimum atomic E-state index is -0.287. The number of fused-ring (bicyclic) bond motifs is 1. The number of hydrogen-bond donors (Lipinski definition) is 0. The van der Waals surface area contributed by atoms with Crippen LogP contribution in [0.1, 0.15) is 24.4 Å². The Bertz CT molecular complexity index is 714. The Labute approximate surface area is 126 Å². The van der Waals surface area contributed by atoms with Gasteiger partial charge in [-0.3, -0.25) is 0 Å². The highest BCUT2D eigenvalue weighted by molar-refractivity contribution is 7.16. The van der Waals surface area contributed by atoms with E-state index in [4.69, 9.17) is 16.3 Å². The van der Waals surface area contributed by atoms with Crippen LogP contribution in [0.15, 0.2) is 41.8 Å². The molecule has 0 aliphatic heterocycles. The summed E-state index contributed by atoms with van der Waals surface area (Å²) in [7, 11) is 0. The van der Waals surface area contributed by atoms with Gasteiger partial charge in [0, 0.05) is 12.0 Å². The third-order valence-electron chi connectivity index (χ3n) is 2.97. The van der Waals surface area contributed by atoms with Crippen molar-refractivity contribution in [3.05, 3.63) is 58.3 Å². The number of hydrogen-bond acceptors (Lipinski definition) is 4. The Balaban J connectivity index is 2.09. The summed E-state index contributed by atoms with van der Waals surface area (Å²) in [6, 6.07) is 11.9. The summed E-state index contributed by atoms with van der Waals surface area (Å²) in [5, 5.41) is 3.34. The van der Waals surface area contributed by atoms with E-state index in [0.717, 1.165) is 15.8 Å². The lowest BCUT2D eigenvalue weighted by atomic mass is 10.1. The summed E-state index contributed by atoms with van der Waals surface area (Å²) in [5.74, 6) is 0.609. The SMILES string of the molecule is CCOC(c1ccccc1)c1nc(Cl)c2ccsc2n1. The largest absolute Gasteiger partial charge is 0.366 e. The van der Waals surface area contributed by atoms with Gasteiger partial charge in [0.2, 0.25) is 0 Å². The quantitative estimate of drug-likeness (QED) is 0.667. The average Bonchev–Trinajstić information content (AvgIpc) is 2.94. The molecule has 0 saturated carbocycles. The first-order valence-electron chi connectivity index (χ1n) is 6.36. The van der Waals surface area contributed by atoms with Crippen LogP contribution in [-0.2, 0) is 4.74 Å². The van der Waals surface area contributed by atoms with Crippen LogP contribution < -0.4 is 0 Å². The van der Waals surface area contributed by atoms with E-state index in [1.807, 2.05) is 48.7 Å². The second-order valence-electron chi connectivity index (χ2n) is 4.26. The molecule has 0 aliphatic carbocycles. The van der Waals surface area contributed by atoms with E-state index in [2.05, 4.69) is 9.97 Å². The van der Waals surface area contributed by atoms with Crippen molar-refractivity contribution in [1.82, 2.24) is 9.97 Å².